The summed E-state index contributed by atoms with van der Waals surface area (Å²) in [5, 5.41) is 17.4. The molecule has 0 bridgehead atoms. The van der Waals surface area contributed by atoms with E-state index in [1.54, 1.807) is 6.07 Å². The molecule has 0 unspecified atom stereocenters. The number of carboxylic acids is 1. The van der Waals surface area contributed by atoms with Crippen LogP contribution in [0.5, 0.6) is 0 Å². The van der Waals surface area contributed by atoms with Gasteiger partial charge in [0.25, 0.3) is 0 Å². The largest absolute Gasteiger partial charge is 0.480 e. The van der Waals surface area contributed by atoms with Gasteiger partial charge in [-0.2, -0.15) is 0 Å². The van der Waals surface area contributed by atoms with Crippen molar-refractivity contribution in [3.63, 3.8) is 0 Å². The van der Waals surface area contributed by atoms with Crippen molar-refractivity contribution in [1.82, 2.24) is 0 Å². The Morgan fingerprint density at radius 1 is 1.40 bits per heavy atom. The summed E-state index contributed by atoms with van der Waals surface area (Å²) in [6.45, 7) is 0. The zero-order valence-electron chi connectivity index (χ0n) is 10.5. The molecule has 0 saturated carbocycles. The summed E-state index contributed by atoms with van der Waals surface area (Å²) in [6.07, 6.45) is 4.53. The number of sulfonamides is 1. The van der Waals surface area contributed by atoms with Gasteiger partial charge >= 0.3 is 5.97 Å². The highest BCUT2D eigenvalue weighted by molar-refractivity contribution is 7.89. The minimum absolute atomic E-state index is 0.0471. The van der Waals surface area contributed by atoms with Gasteiger partial charge in [-0.25, -0.2) is 18.4 Å². The number of allylic oxidation sites excluding steroid dienone is 2. The number of fused-ring (bicyclic) bond motifs is 3. The zero-order chi connectivity index (χ0) is 14.5. The number of hydrogen-bond donors (Lipinski definition) is 3. The Kier molecular flexibility index (Phi) is 2.84. The molecule has 1 aromatic carbocycles. The zero-order valence-corrected chi connectivity index (χ0v) is 11.3. The molecule has 0 amide bonds. The normalized spacial score (nSPS) is 27.6. The molecule has 6 nitrogen and oxygen atoms in total. The van der Waals surface area contributed by atoms with Gasteiger partial charge in [-0.15, -0.1) is 0 Å². The van der Waals surface area contributed by atoms with Crippen LogP contribution in [0.4, 0.5) is 5.69 Å². The van der Waals surface area contributed by atoms with E-state index in [-0.39, 0.29) is 16.7 Å². The van der Waals surface area contributed by atoms with Gasteiger partial charge in [0.2, 0.25) is 10.0 Å². The Hall–Kier alpha value is -1.86. The molecule has 0 saturated heterocycles. The molecule has 0 radical (unpaired) electrons. The predicted molar refractivity (Wildman–Crippen MR) is 72.8 cm³/mol. The maximum Gasteiger partial charge on any atom is 0.326 e. The molecule has 7 heteroatoms. The molecule has 3 rings (SSSR count). The maximum atomic E-state index is 11.4. The number of rotatable bonds is 2. The van der Waals surface area contributed by atoms with Crippen LogP contribution in [0.1, 0.15) is 17.9 Å². The lowest BCUT2D eigenvalue weighted by Crippen LogP contribution is -2.41. The summed E-state index contributed by atoms with van der Waals surface area (Å²) >= 11 is 0. The number of primary sulfonamides is 1. The van der Waals surface area contributed by atoms with Crippen molar-refractivity contribution in [2.45, 2.75) is 23.3 Å². The molecule has 0 aromatic heterocycles. The SMILES string of the molecule is NS(=O)(=O)c1ccc2c(c1)[C@@H]1C=CC[C@H]1[C@@H](C(=O)O)N2. The van der Waals surface area contributed by atoms with E-state index in [1.807, 2.05) is 12.2 Å². The highest BCUT2D eigenvalue weighted by Crippen LogP contribution is 2.45. The Bertz CT molecular complexity index is 711. The Morgan fingerprint density at radius 2 is 2.15 bits per heavy atom. The number of hydrogen-bond acceptors (Lipinski definition) is 4. The summed E-state index contributed by atoms with van der Waals surface area (Å²) in [7, 11) is -3.76. The van der Waals surface area contributed by atoms with Crippen LogP contribution in [0, 0.1) is 5.92 Å². The topological polar surface area (TPSA) is 109 Å². The first-order valence-corrected chi connectivity index (χ1v) is 7.75. The van der Waals surface area contributed by atoms with Crippen molar-refractivity contribution in [2.24, 2.45) is 11.1 Å². The van der Waals surface area contributed by atoms with Gasteiger partial charge in [0.1, 0.15) is 6.04 Å². The smallest absolute Gasteiger partial charge is 0.326 e. The van der Waals surface area contributed by atoms with E-state index in [0.29, 0.717) is 12.1 Å². The van der Waals surface area contributed by atoms with Gasteiger partial charge in [-0.05, 0) is 30.2 Å². The molecule has 106 valence electrons. The van der Waals surface area contributed by atoms with Crippen LogP contribution in [0.25, 0.3) is 0 Å². The van der Waals surface area contributed by atoms with Gasteiger partial charge < -0.3 is 10.4 Å². The van der Waals surface area contributed by atoms with Gasteiger partial charge in [0, 0.05) is 17.5 Å². The molecule has 1 heterocycles. The van der Waals surface area contributed by atoms with Crippen LogP contribution >= 0.6 is 0 Å². The van der Waals surface area contributed by atoms with E-state index in [0.717, 1.165) is 5.56 Å². The first-order chi connectivity index (χ1) is 9.38. The number of benzene rings is 1. The van der Waals surface area contributed by atoms with Crippen molar-refractivity contribution in [1.29, 1.82) is 0 Å². The second kappa shape index (κ2) is 4.32. The molecule has 4 N–H and O–H groups in total. The van der Waals surface area contributed by atoms with E-state index in [4.69, 9.17) is 5.14 Å². The van der Waals surface area contributed by atoms with Crippen LogP contribution in [0.2, 0.25) is 0 Å². The Balaban J connectivity index is 2.11. The van der Waals surface area contributed by atoms with E-state index in [2.05, 4.69) is 5.32 Å². The monoisotopic (exact) mass is 294 g/mol. The van der Waals surface area contributed by atoms with Crippen molar-refractivity contribution >= 4 is 21.7 Å². The fourth-order valence-electron chi connectivity index (χ4n) is 2.99. The highest BCUT2D eigenvalue weighted by Gasteiger charge is 2.40. The van der Waals surface area contributed by atoms with Crippen molar-refractivity contribution < 1.29 is 18.3 Å². The number of anilines is 1. The molecular weight excluding hydrogens is 280 g/mol. The second-order valence-corrected chi connectivity index (χ2v) is 6.67. The van der Waals surface area contributed by atoms with Crippen molar-refractivity contribution in [3.8, 4) is 0 Å². The fraction of sp³-hybridized carbons (Fsp3) is 0.308. The second-order valence-electron chi connectivity index (χ2n) is 5.11. The van der Waals surface area contributed by atoms with Gasteiger partial charge in [-0.3, -0.25) is 0 Å². The number of carbonyl (C=O) groups is 1. The highest BCUT2D eigenvalue weighted by atomic mass is 32.2. The maximum absolute atomic E-state index is 11.4. The van der Waals surface area contributed by atoms with Crippen LogP contribution in [-0.2, 0) is 14.8 Å². The number of nitrogens with two attached hydrogens (primary N) is 1. The molecule has 1 aliphatic heterocycles. The van der Waals surface area contributed by atoms with Crippen LogP contribution in [0.3, 0.4) is 0 Å². The average Bonchev–Trinajstić information content (AvgIpc) is 2.85. The van der Waals surface area contributed by atoms with E-state index in [9.17, 15) is 18.3 Å². The average molecular weight is 294 g/mol. The molecule has 1 aliphatic carbocycles. The number of carboxylic acid groups (broad SMARTS) is 1. The summed E-state index contributed by atoms with van der Waals surface area (Å²) < 4.78 is 22.9. The quantitative estimate of drug-likeness (QED) is 0.701. The molecule has 2 aliphatic rings. The summed E-state index contributed by atoms with van der Waals surface area (Å²) in [5.74, 6) is -1.09. The van der Waals surface area contributed by atoms with Crippen LogP contribution in [-0.4, -0.2) is 25.5 Å². The van der Waals surface area contributed by atoms with Gasteiger partial charge in [-0.1, -0.05) is 12.2 Å². The van der Waals surface area contributed by atoms with Gasteiger partial charge in [0.15, 0.2) is 0 Å². The third-order valence-corrected chi connectivity index (χ3v) is 4.84. The van der Waals surface area contributed by atoms with Gasteiger partial charge in [0.05, 0.1) is 4.90 Å². The molecular formula is C13H14N2O4S. The Morgan fingerprint density at radius 3 is 2.80 bits per heavy atom. The first kappa shape index (κ1) is 13.1. The fourth-order valence-corrected chi connectivity index (χ4v) is 3.54. The Labute approximate surface area is 116 Å². The molecule has 3 atom stereocenters. The summed E-state index contributed by atoms with van der Waals surface area (Å²) in [4.78, 5) is 11.4. The van der Waals surface area contributed by atoms with E-state index >= 15 is 0 Å². The molecule has 20 heavy (non-hydrogen) atoms. The minimum Gasteiger partial charge on any atom is -0.480 e. The molecule has 0 fully saturated rings. The van der Waals surface area contributed by atoms with E-state index < -0.39 is 22.0 Å². The summed E-state index contributed by atoms with van der Waals surface area (Å²) in [6, 6.07) is 3.83. The lowest BCUT2D eigenvalue weighted by atomic mass is 9.79. The third kappa shape index (κ3) is 1.99. The van der Waals surface area contributed by atoms with Crippen LogP contribution in [0.15, 0.2) is 35.2 Å². The lowest BCUT2D eigenvalue weighted by Gasteiger charge is -2.34. The van der Waals surface area contributed by atoms with Crippen molar-refractivity contribution in [3.05, 3.63) is 35.9 Å². The minimum atomic E-state index is -3.76. The van der Waals surface area contributed by atoms with Crippen molar-refractivity contribution in [2.75, 3.05) is 5.32 Å². The number of nitrogens with one attached hydrogen (secondary N) is 1. The first-order valence-electron chi connectivity index (χ1n) is 6.20. The summed E-state index contributed by atoms with van der Waals surface area (Å²) in [5.41, 5.74) is 1.44. The van der Waals surface area contributed by atoms with Crippen LogP contribution < -0.4 is 10.5 Å². The lowest BCUT2D eigenvalue weighted by molar-refractivity contribution is -0.139. The predicted octanol–water partition coefficient (Wildman–Crippen LogP) is 0.872. The third-order valence-electron chi connectivity index (χ3n) is 3.93. The molecule has 0 spiro atoms. The van der Waals surface area contributed by atoms with E-state index in [1.165, 1.54) is 12.1 Å². The molecule has 1 aromatic rings. The standard InChI is InChI=1S/C13H14N2O4S/c14-20(18,19)7-4-5-11-10(6-7)8-2-1-3-9(8)12(15-11)13(16)17/h1-2,4-6,8-9,12,15H,3H2,(H,16,17)(H2,14,18,19)/t8-,9-,12+/m1/s1. The number of aliphatic carboxylic acids is 1.